The highest BCUT2D eigenvalue weighted by Gasteiger charge is 2.66. The van der Waals surface area contributed by atoms with E-state index in [1.54, 1.807) is 6.07 Å². The molecule has 3 fully saturated rings. The van der Waals surface area contributed by atoms with Crippen molar-refractivity contribution in [2.75, 3.05) is 6.54 Å². The summed E-state index contributed by atoms with van der Waals surface area (Å²) in [5.41, 5.74) is 0.659. The minimum atomic E-state index is -0.488. The maximum Gasteiger partial charge on any atom is 0.130 e. The number of fused-ring (bicyclic) bond motifs is 5. The number of halogens is 2. The molecule has 108 valence electrons. The largest absolute Gasteiger partial charge is 0.310 e. The first-order valence-corrected chi connectivity index (χ1v) is 7.89. The zero-order valence-electron chi connectivity index (χ0n) is 11.8. The van der Waals surface area contributed by atoms with Crippen molar-refractivity contribution in [3.63, 3.8) is 0 Å². The number of hydrogen-bond donors (Lipinski definition) is 1. The molecule has 1 aromatic rings. The third-order valence-corrected chi connectivity index (χ3v) is 5.90. The minimum Gasteiger partial charge on any atom is -0.310 e. The zero-order chi connectivity index (χ0) is 13.9. The molecule has 20 heavy (non-hydrogen) atoms. The van der Waals surface area contributed by atoms with Gasteiger partial charge >= 0.3 is 0 Å². The zero-order valence-corrected chi connectivity index (χ0v) is 11.8. The van der Waals surface area contributed by atoms with Gasteiger partial charge in [-0.05, 0) is 61.5 Å². The van der Waals surface area contributed by atoms with E-state index < -0.39 is 11.6 Å². The molecule has 4 rings (SSSR count). The van der Waals surface area contributed by atoms with Gasteiger partial charge in [-0.1, -0.05) is 13.0 Å². The van der Waals surface area contributed by atoms with E-state index >= 15 is 0 Å². The lowest BCUT2D eigenvalue weighted by atomic mass is 9.92. The standard InChI is InChI=1S/C17H21F2N/c1-2-20-17(12-6-5-11(18)8-13(12)19)16-14-9-3-4-10(7-9)15(14)16/h5-6,8-10,14-17,20H,2-4,7H2,1H3. The van der Waals surface area contributed by atoms with Gasteiger partial charge < -0.3 is 5.32 Å². The summed E-state index contributed by atoms with van der Waals surface area (Å²) < 4.78 is 27.2. The highest BCUT2D eigenvalue weighted by Crippen LogP contribution is 2.72. The Morgan fingerprint density at radius 2 is 1.90 bits per heavy atom. The Kier molecular flexibility index (Phi) is 2.88. The summed E-state index contributed by atoms with van der Waals surface area (Å²) >= 11 is 0. The maximum absolute atomic E-state index is 14.1. The summed E-state index contributed by atoms with van der Waals surface area (Å²) in [5, 5.41) is 3.46. The average Bonchev–Trinajstić information content (AvgIpc) is 2.84. The van der Waals surface area contributed by atoms with Crippen LogP contribution in [0.15, 0.2) is 18.2 Å². The third kappa shape index (κ3) is 1.75. The van der Waals surface area contributed by atoms with Gasteiger partial charge in [-0.25, -0.2) is 8.78 Å². The Hall–Kier alpha value is -0.960. The predicted molar refractivity (Wildman–Crippen MR) is 74.1 cm³/mol. The summed E-state index contributed by atoms with van der Waals surface area (Å²) in [6.07, 6.45) is 4.14. The summed E-state index contributed by atoms with van der Waals surface area (Å²) in [6.45, 7) is 2.88. The van der Waals surface area contributed by atoms with Crippen LogP contribution in [0.2, 0.25) is 0 Å². The van der Waals surface area contributed by atoms with Crippen LogP contribution in [-0.4, -0.2) is 6.54 Å². The molecule has 1 aromatic carbocycles. The summed E-state index contributed by atoms with van der Waals surface area (Å²) in [6, 6.07) is 4.11. The summed E-state index contributed by atoms with van der Waals surface area (Å²) in [7, 11) is 0. The Morgan fingerprint density at radius 3 is 2.50 bits per heavy atom. The molecular weight excluding hydrogens is 256 g/mol. The van der Waals surface area contributed by atoms with Crippen LogP contribution in [0.3, 0.4) is 0 Å². The SMILES string of the molecule is CCNC(c1ccc(F)cc1F)C1C2C3CCC(C3)C21. The monoisotopic (exact) mass is 277 g/mol. The van der Waals surface area contributed by atoms with Gasteiger partial charge in [0.1, 0.15) is 11.6 Å². The molecule has 2 bridgehead atoms. The fourth-order valence-corrected chi connectivity index (χ4v) is 5.27. The highest BCUT2D eigenvalue weighted by atomic mass is 19.1. The van der Waals surface area contributed by atoms with Crippen molar-refractivity contribution in [2.45, 2.75) is 32.2 Å². The van der Waals surface area contributed by atoms with Crippen molar-refractivity contribution in [2.24, 2.45) is 29.6 Å². The first-order chi connectivity index (χ1) is 9.70. The van der Waals surface area contributed by atoms with Gasteiger partial charge in [0.2, 0.25) is 0 Å². The maximum atomic E-state index is 14.1. The van der Waals surface area contributed by atoms with Crippen LogP contribution in [0, 0.1) is 41.2 Å². The van der Waals surface area contributed by atoms with E-state index in [0.717, 1.165) is 36.3 Å². The highest BCUT2D eigenvalue weighted by molar-refractivity contribution is 5.28. The first kappa shape index (κ1) is 12.8. The second-order valence-electron chi connectivity index (χ2n) is 6.77. The Bertz CT molecular complexity index is 514. The molecule has 3 aliphatic carbocycles. The number of hydrogen-bond acceptors (Lipinski definition) is 1. The second kappa shape index (κ2) is 4.52. The van der Waals surface area contributed by atoms with Gasteiger partial charge in [0, 0.05) is 17.7 Å². The lowest BCUT2D eigenvalue weighted by molar-refractivity contribution is 0.365. The van der Waals surface area contributed by atoms with E-state index in [-0.39, 0.29) is 6.04 Å². The van der Waals surface area contributed by atoms with Gasteiger partial charge in [0.15, 0.2) is 0 Å². The van der Waals surface area contributed by atoms with Crippen molar-refractivity contribution in [1.82, 2.24) is 5.32 Å². The lowest BCUT2D eigenvalue weighted by Crippen LogP contribution is -2.26. The fourth-order valence-electron chi connectivity index (χ4n) is 5.27. The molecule has 0 amide bonds. The molecule has 0 radical (unpaired) electrons. The fraction of sp³-hybridized carbons (Fsp3) is 0.647. The number of benzene rings is 1. The van der Waals surface area contributed by atoms with Gasteiger partial charge in [-0.3, -0.25) is 0 Å². The molecule has 0 spiro atoms. The van der Waals surface area contributed by atoms with Gasteiger partial charge in [0.25, 0.3) is 0 Å². The van der Waals surface area contributed by atoms with E-state index in [1.807, 2.05) is 0 Å². The normalized spacial score (nSPS) is 38.9. The molecular formula is C17H21F2N. The van der Waals surface area contributed by atoms with Gasteiger partial charge in [0.05, 0.1) is 0 Å². The number of rotatable bonds is 4. The van der Waals surface area contributed by atoms with Crippen LogP contribution < -0.4 is 5.32 Å². The van der Waals surface area contributed by atoms with E-state index in [0.29, 0.717) is 11.5 Å². The molecule has 1 N–H and O–H groups in total. The summed E-state index contributed by atoms with van der Waals surface area (Å²) in [4.78, 5) is 0. The van der Waals surface area contributed by atoms with Crippen LogP contribution >= 0.6 is 0 Å². The molecule has 0 heterocycles. The molecule has 1 nitrogen and oxygen atoms in total. The Morgan fingerprint density at radius 1 is 1.20 bits per heavy atom. The van der Waals surface area contributed by atoms with E-state index in [1.165, 1.54) is 25.3 Å². The smallest absolute Gasteiger partial charge is 0.130 e. The van der Waals surface area contributed by atoms with Crippen molar-refractivity contribution in [3.8, 4) is 0 Å². The van der Waals surface area contributed by atoms with Crippen molar-refractivity contribution >= 4 is 0 Å². The Labute approximate surface area is 118 Å². The van der Waals surface area contributed by atoms with E-state index in [2.05, 4.69) is 12.2 Å². The van der Waals surface area contributed by atoms with Crippen LogP contribution in [-0.2, 0) is 0 Å². The quantitative estimate of drug-likeness (QED) is 0.880. The molecule has 0 aliphatic heterocycles. The lowest BCUT2D eigenvalue weighted by Gasteiger charge is -2.22. The molecule has 3 heteroatoms. The second-order valence-corrected chi connectivity index (χ2v) is 6.77. The minimum absolute atomic E-state index is 0.0685. The predicted octanol–water partition coefficient (Wildman–Crippen LogP) is 3.91. The van der Waals surface area contributed by atoms with Crippen molar-refractivity contribution in [3.05, 3.63) is 35.4 Å². The molecule has 0 saturated heterocycles. The van der Waals surface area contributed by atoms with Crippen LogP contribution in [0.1, 0.15) is 37.8 Å². The first-order valence-electron chi connectivity index (χ1n) is 7.89. The third-order valence-electron chi connectivity index (χ3n) is 5.90. The van der Waals surface area contributed by atoms with Crippen LogP contribution in [0.5, 0.6) is 0 Å². The van der Waals surface area contributed by atoms with Crippen molar-refractivity contribution < 1.29 is 8.78 Å². The molecule has 5 atom stereocenters. The molecule has 3 aliphatic rings. The molecule has 0 aromatic heterocycles. The van der Waals surface area contributed by atoms with Crippen LogP contribution in [0.25, 0.3) is 0 Å². The van der Waals surface area contributed by atoms with E-state index in [9.17, 15) is 8.78 Å². The molecule has 3 saturated carbocycles. The average molecular weight is 277 g/mol. The summed E-state index contributed by atoms with van der Waals surface area (Å²) in [5.74, 6) is 3.02. The Balaban J connectivity index is 1.62. The van der Waals surface area contributed by atoms with Gasteiger partial charge in [-0.15, -0.1) is 0 Å². The molecule has 5 unspecified atom stereocenters. The topological polar surface area (TPSA) is 12.0 Å². The van der Waals surface area contributed by atoms with Crippen molar-refractivity contribution in [1.29, 1.82) is 0 Å². The van der Waals surface area contributed by atoms with Crippen LogP contribution in [0.4, 0.5) is 8.78 Å². The number of nitrogens with one attached hydrogen (secondary N) is 1. The van der Waals surface area contributed by atoms with E-state index in [4.69, 9.17) is 0 Å². The van der Waals surface area contributed by atoms with Gasteiger partial charge in [-0.2, -0.15) is 0 Å².